The predicted molar refractivity (Wildman–Crippen MR) is 49.1 cm³/mol. The fraction of sp³-hybridized carbons (Fsp3) is 0.375. The number of pyridine rings is 1. The van der Waals surface area contributed by atoms with Crippen LogP contribution in [-0.4, -0.2) is 11.2 Å². The first-order chi connectivity index (χ1) is 6.01. The molecule has 1 rings (SSSR count). The van der Waals surface area contributed by atoms with Gasteiger partial charge in [-0.25, -0.2) is 0 Å². The highest BCUT2D eigenvalue weighted by Crippen LogP contribution is 2.20. The molecule has 0 aliphatic heterocycles. The van der Waals surface area contributed by atoms with Crippen molar-refractivity contribution >= 4 is 12.4 Å². The molecule has 2 N–H and O–H groups in total. The zero-order valence-electron chi connectivity index (χ0n) is 7.21. The first-order valence-corrected chi connectivity index (χ1v) is 3.72. The van der Waals surface area contributed by atoms with Gasteiger partial charge in [-0.2, -0.15) is 13.2 Å². The first kappa shape index (κ1) is 13.2. The minimum absolute atomic E-state index is 0. The highest BCUT2D eigenvalue weighted by molar-refractivity contribution is 5.85. The summed E-state index contributed by atoms with van der Waals surface area (Å²) in [5.41, 5.74) is 5.99. The summed E-state index contributed by atoms with van der Waals surface area (Å²) in [6.45, 7) is 0.242. The molecule has 0 spiro atoms. The fourth-order valence-corrected chi connectivity index (χ4v) is 0.912. The maximum absolute atomic E-state index is 11.9. The van der Waals surface area contributed by atoms with Crippen LogP contribution in [0.5, 0.6) is 0 Å². The first-order valence-electron chi connectivity index (χ1n) is 3.72. The van der Waals surface area contributed by atoms with Crippen molar-refractivity contribution in [3.05, 3.63) is 29.6 Å². The Balaban J connectivity index is 0.00000169. The van der Waals surface area contributed by atoms with E-state index in [1.807, 2.05) is 0 Å². The lowest BCUT2D eigenvalue weighted by atomic mass is 10.2. The van der Waals surface area contributed by atoms with Crippen molar-refractivity contribution < 1.29 is 13.2 Å². The molecule has 0 saturated carbocycles. The molecule has 0 saturated heterocycles. The van der Waals surface area contributed by atoms with Crippen molar-refractivity contribution in [3.63, 3.8) is 0 Å². The second-order valence-electron chi connectivity index (χ2n) is 2.65. The standard InChI is InChI=1S/C8H9F3N2.ClH/c9-8(10,11)3-6-1-2-7(4-12)13-5-6;/h1-2,5H,3-4,12H2;1H. The van der Waals surface area contributed by atoms with E-state index in [1.54, 1.807) is 0 Å². The molecule has 0 atom stereocenters. The molecule has 0 amide bonds. The molecule has 6 heteroatoms. The van der Waals surface area contributed by atoms with Gasteiger partial charge in [-0.1, -0.05) is 6.07 Å². The van der Waals surface area contributed by atoms with Crippen LogP contribution in [0.4, 0.5) is 13.2 Å². The number of halogens is 4. The van der Waals surface area contributed by atoms with Crippen LogP contribution >= 0.6 is 12.4 Å². The SMILES string of the molecule is Cl.NCc1ccc(CC(F)(F)F)cn1. The summed E-state index contributed by atoms with van der Waals surface area (Å²) in [7, 11) is 0. The highest BCUT2D eigenvalue weighted by atomic mass is 35.5. The zero-order chi connectivity index (χ0) is 9.90. The second kappa shape index (κ2) is 5.17. The molecule has 0 aliphatic carbocycles. The van der Waals surface area contributed by atoms with Gasteiger partial charge in [0, 0.05) is 12.7 Å². The number of alkyl halides is 3. The fourth-order valence-electron chi connectivity index (χ4n) is 0.912. The lowest BCUT2D eigenvalue weighted by Gasteiger charge is -2.05. The second-order valence-corrected chi connectivity index (χ2v) is 2.65. The molecule has 1 aromatic rings. The van der Waals surface area contributed by atoms with E-state index in [4.69, 9.17) is 5.73 Å². The van der Waals surface area contributed by atoms with Gasteiger partial charge in [-0.3, -0.25) is 4.98 Å². The molecule has 0 radical (unpaired) electrons. The van der Waals surface area contributed by atoms with E-state index in [9.17, 15) is 13.2 Å². The van der Waals surface area contributed by atoms with Crippen LogP contribution in [-0.2, 0) is 13.0 Å². The maximum atomic E-state index is 11.9. The van der Waals surface area contributed by atoms with Crippen LogP contribution in [0.3, 0.4) is 0 Å². The molecular formula is C8H10ClF3N2. The molecule has 2 nitrogen and oxygen atoms in total. The average Bonchev–Trinajstić information content (AvgIpc) is 2.03. The Morgan fingerprint density at radius 1 is 1.29 bits per heavy atom. The number of nitrogens with zero attached hydrogens (tertiary/aromatic N) is 1. The topological polar surface area (TPSA) is 38.9 Å². The van der Waals surface area contributed by atoms with Crippen molar-refractivity contribution in [2.75, 3.05) is 0 Å². The van der Waals surface area contributed by atoms with Crippen molar-refractivity contribution in [2.24, 2.45) is 5.73 Å². The van der Waals surface area contributed by atoms with E-state index < -0.39 is 12.6 Å². The summed E-state index contributed by atoms with van der Waals surface area (Å²) in [6.07, 6.45) is -3.91. The summed E-state index contributed by atoms with van der Waals surface area (Å²) in [5.74, 6) is 0. The van der Waals surface area contributed by atoms with Gasteiger partial charge in [-0.15, -0.1) is 12.4 Å². The van der Waals surface area contributed by atoms with Gasteiger partial charge in [0.1, 0.15) is 0 Å². The quantitative estimate of drug-likeness (QED) is 0.839. The average molecular weight is 227 g/mol. The van der Waals surface area contributed by atoms with E-state index in [0.717, 1.165) is 0 Å². The summed E-state index contributed by atoms with van der Waals surface area (Å²) in [4.78, 5) is 3.76. The number of nitrogens with two attached hydrogens (primary N) is 1. The van der Waals surface area contributed by atoms with Gasteiger partial charge in [0.25, 0.3) is 0 Å². The number of aromatic nitrogens is 1. The Bertz CT molecular complexity index is 271. The lowest BCUT2D eigenvalue weighted by molar-refractivity contribution is -0.127. The van der Waals surface area contributed by atoms with Crippen LogP contribution < -0.4 is 5.73 Å². The number of hydrogen-bond acceptors (Lipinski definition) is 2. The number of rotatable bonds is 2. The Hall–Kier alpha value is -0.810. The minimum Gasteiger partial charge on any atom is -0.325 e. The third kappa shape index (κ3) is 4.43. The highest BCUT2D eigenvalue weighted by Gasteiger charge is 2.27. The van der Waals surface area contributed by atoms with E-state index in [2.05, 4.69) is 4.98 Å². The lowest BCUT2D eigenvalue weighted by Crippen LogP contribution is -2.12. The Morgan fingerprint density at radius 3 is 2.29 bits per heavy atom. The molecule has 0 bridgehead atoms. The van der Waals surface area contributed by atoms with Gasteiger partial charge < -0.3 is 5.73 Å². The van der Waals surface area contributed by atoms with Gasteiger partial charge in [0.05, 0.1) is 12.1 Å². The van der Waals surface area contributed by atoms with E-state index in [1.165, 1.54) is 18.3 Å². The van der Waals surface area contributed by atoms with Crippen LogP contribution in [0.15, 0.2) is 18.3 Å². The minimum atomic E-state index is -4.17. The molecular weight excluding hydrogens is 217 g/mol. The van der Waals surface area contributed by atoms with Gasteiger partial charge >= 0.3 is 6.18 Å². The van der Waals surface area contributed by atoms with Crippen LogP contribution in [0.2, 0.25) is 0 Å². The summed E-state index contributed by atoms with van der Waals surface area (Å²) >= 11 is 0. The molecule has 0 unspecified atom stereocenters. The van der Waals surface area contributed by atoms with Crippen molar-refractivity contribution in [3.8, 4) is 0 Å². The molecule has 0 fully saturated rings. The van der Waals surface area contributed by atoms with Crippen molar-refractivity contribution in [1.82, 2.24) is 4.98 Å². The third-order valence-corrected chi connectivity index (χ3v) is 1.50. The predicted octanol–water partition coefficient (Wildman–Crippen LogP) is 2.07. The largest absolute Gasteiger partial charge is 0.393 e. The number of hydrogen-bond donors (Lipinski definition) is 1. The normalized spacial score (nSPS) is 10.9. The van der Waals surface area contributed by atoms with Crippen molar-refractivity contribution in [1.29, 1.82) is 0 Å². The van der Waals surface area contributed by atoms with E-state index in [0.29, 0.717) is 5.69 Å². The maximum Gasteiger partial charge on any atom is 0.393 e. The molecule has 1 aromatic heterocycles. The Morgan fingerprint density at radius 2 is 1.93 bits per heavy atom. The summed E-state index contributed by atoms with van der Waals surface area (Å²) in [5, 5.41) is 0. The van der Waals surface area contributed by atoms with Crippen LogP contribution in [0.1, 0.15) is 11.3 Å². The van der Waals surface area contributed by atoms with Gasteiger partial charge in [0.2, 0.25) is 0 Å². The Kier molecular flexibility index (Phi) is 4.87. The molecule has 80 valence electrons. The van der Waals surface area contributed by atoms with Gasteiger partial charge in [0.15, 0.2) is 0 Å². The van der Waals surface area contributed by atoms with Crippen LogP contribution in [0, 0.1) is 0 Å². The molecule has 0 aliphatic rings. The summed E-state index contributed by atoms with van der Waals surface area (Å²) in [6, 6.07) is 2.89. The molecule has 14 heavy (non-hydrogen) atoms. The van der Waals surface area contributed by atoms with E-state index in [-0.39, 0.29) is 24.5 Å². The molecule has 0 aromatic carbocycles. The third-order valence-electron chi connectivity index (χ3n) is 1.50. The van der Waals surface area contributed by atoms with Gasteiger partial charge in [-0.05, 0) is 11.6 Å². The molecule has 1 heterocycles. The Labute approximate surface area is 85.7 Å². The zero-order valence-corrected chi connectivity index (χ0v) is 8.03. The van der Waals surface area contributed by atoms with Crippen LogP contribution in [0.25, 0.3) is 0 Å². The van der Waals surface area contributed by atoms with E-state index >= 15 is 0 Å². The smallest absolute Gasteiger partial charge is 0.325 e. The monoisotopic (exact) mass is 226 g/mol. The van der Waals surface area contributed by atoms with Crippen molar-refractivity contribution in [2.45, 2.75) is 19.1 Å². The summed E-state index contributed by atoms with van der Waals surface area (Å²) < 4.78 is 35.6.